The number of para-hydroxylation sites is 1. The quantitative estimate of drug-likeness (QED) is 0.831. The molecule has 1 aromatic carbocycles. The fourth-order valence-corrected chi connectivity index (χ4v) is 3.97. The van der Waals surface area contributed by atoms with Crippen LogP contribution in [0.5, 0.6) is 0 Å². The van der Waals surface area contributed by atoms with Crippen LogP contribution in [0.15, 0.2) is 36.5 Å². The van der Waals surface area contributed by atoms with Gasteiger partial charge in [0, 0.05) is 11.0 Å². The third-order valence-electron chi connectivity index (χ3n) is 5.27. The maximum Gasteiger partial charge on any atom is 0.0824 e. The Hall–Kier alpha value is -1.65. The molecule has 1 N–H and O–H groups in total. The van der Waals surface area contributed by atoms with Gasteiger partial charge in [0.25, 0.3) is 0 Å². The largest absolute Gasteiger partial charge is 0.388 e. The van der Waals surface area contributed by atoms with E-state index in [1.54, 1.807) is 0 Å². The Bertz CT molecular complexity index is 681. The van der Waals surface area contributed by atoms with Crippen molar-refractivity contribution >= 4 is 0 Å². The van der Waals surface area contributed by atoms with Crippen molar-refractivity contribution < 1.29 is 5.11 Å². The molecule has 1 aliphatic rings. The number of aromatic nitrogens is 2. The molecule has 0 saturated carbocycles. The van der Waals surface area contributed by atoms with Crippen molar-refractivity contribution in [3.05, 3.63) is 47.8 Å². The molecule has 3 rings (SSSR count). The smallest absolute Gasteiger partial charge is 0.0824 e. The fourth-order valence-electron chi connectivity index (χ4n) is 3.97. The maximum absolute atomic E-state index is 10.9. The van der Waals surface area contributed by atoms with Gasteiger partial charge in [-0.2, -0.15) is 5.10 Å². The van der Waals surface area contributed by atoms with Gasteiger partial charge in [0.05, 0.1) is 23.7 Å². The summed E-state index contributed by atoms with van der Waals surface area (Å²) in [5.41, 5.74) is 3.04. The van der Waals surface area contributed by atoms with Crippen LogP contribution < -0.4 is 0 Å². The second kappa shape index (κ2) is 8.36. The highest BCUT2D eigenvalue weighted by Crippen LogP contribution is 2.33. The van der Waals surface area contributed by atoms with Gasteiger partial charge in [-0.3, -0.25) is 0 Å². The highest BCUT2D eigenvalue weighted by molar-refractivity contribution is 5.38. The predicted molar refractivity (Wildman–Crippen MR) is 107 cm³/mol. The lowest BCUT2D eigenvalue weighted by molar-refractivity contribution is 0.149. The second-order valence-corrected chi connectivity index (χ2v) is 8.51. The third kappa shape index (κ3) is 4.54. The van der Waals surface area contributed by atoms with Crippen molar-refractivity contribution in [2.75, 3.05) is 19.6 Å². The maximum atomic E-state index is 10.9. The molecule has 0 amide bonds. The van der Waals surface area contributed by atoms with E-state index in [4.69, 9.17) is 0 Å². The molecule has 2 aromatic rings. The van der Waals surface area contributed by atoms with Crippen molar-refractivity contribution in [1.29, 1.82) is 0 Å². The first-order valence-corrected chi connectivity index (χ1v) is 10.0. The number of nitrogens with zero attached hydrogens (tertiary/aromatic N) is 3. The number of rotatable bonds is 6. The SMILES string of the molecule is CC(C)(C)c1c(C(O)CCCN2CCCCC2)cnn1-c1ccccc1. The van der Waals surface area contributed by atoms with Gasteiger partial charge in [0.15, 0.2) is 0 Å². The molecule has 4 nitrogen and oxygen atoms in total. The number of benzene rings is 1. The van der Waals surface area contributed by atoms with E-state index in [9.17, 15) is 5.11 Å². The number of likely N-dealkylation sites (tertiary alicyclic amines) is 1. The van der Waals surface area contributed by atoms with Gasteiger partial charge in [-0.05, 0) is 57.5 Å². The molecule has 0 bridgehead atoms. The van der Waals surface area contributed by atoms with Crippen molar-refractivity contribution in [3.8, 4) is 5.69 Å². The van der Waals surface area contributed by atoms with Gasteiger partial charge in [-0.25, -0.2) is 4.68 Å². The lowest BCUT2D eigenvalue weighted by Gasteiger charge is -2.27. The molecule has 0 spiro atoms. The summed E-state index contributed by atoms with van der Waals surface area (Å²) in [4.78, 5) is 2.54. The summed E-state index contributed by atoms with van der Waals surface area (Å²) in [6, 6.07) is 10.2. The summed E-state index contributed by atoms with van der Waals surface area (Å²) in [5, 5.41) is 15.5. The zero-order valence-corrected chi connectivity index (χ0v) is 16.5. The van der Waals surface area contributed by atoms with Crippen LogP contribution >= 0.6 is 0 Å². The van der Waals surface area contributed by atoms with Crippen LogP contribution in [0.3, 0.4) is 0 Å². The Labute approximate surface area is 157 Å². The van der Waals surface area contributed by atoms with Crippen LogP contribution in [-0.2, 0) is 5.41 Å². The van der Waals surface area contributed by atoms with Gasteiger partial charge in [0.1, 0.15) is 0 Å². The average Bonchev–Trinajstić information content (AvgIpc) is 3.09. The summed E-state index contributed by atoms with van der Waals surface area (Å²) in [6.07, 6.45) is 7.24. The Morgan fingerprint density at radius 3 is 2.42 bits per heavy atom. The highest BCUT2D eigenvalue weighted by atomic mass is 16.3. The molecule has 1 unspecified atom stereocenters. The molecule has 1 fully saturated rings. The molecule has 0 aliphatic carbocycles. The van der Waals surface area contributed by atoms with E-state index in [0.717, 1.165) is 36.3 Å². The molecule has 4 heteroatoms. The number of hydrogen-bond acceptors (Lipinski definition) is 3. The number of piperidine rings is 1. The third-order valence-corrected chi connectivity index (χ3v) is 5.27. The Balaban J connectivity index is 1.73. The Morgan fingerprint density at radius 2 is 1.77 bits per heavy atom. The molecular formula is C22H33N3O. The molecule has 2 heterocycles. The van der Waals surface area contributed by atoms with E-state index in [-0.39, 0.29) is 5.41 Å². The summed E-state index contributed by atoms with van der Waals surface area (Å²) >= 11 is 0. The van der Waals surface area contributed by atoms with E-state index in [1.807, 2.05) is 29.1 Å². The van der Waals surface area contributed by atoms with Crippen molar-refractivity contribution in [2.45, 2.75) is 64.4 Å². The van der Waals surface area contributed by atoms with E-state index < -0.39 is 6.10 Å². The first-order valence-electron chi connectivity index (χ1n) is 10.0. The van der Waals surface area contributed by atoms with Gasteiger partial charge in [-0.1, -0.05) is 45.4 Å². The molecule has 26 heavy (non-hydrogen) atoms. The van der Waals surface area contributed by atoms with Crippen molar-refractivity contribution in [2.24, 2.45) is 0 Å². The van der Waals surface area contributed by atoms with Gasteiger partial charge in [-0.15, -0.1) is 0 Å². The molecular weight excluding hydrogens is 322 g/mol. The fraction of sp³-hybridized carbons (Fsp3) is 0.591. The Morgan fingerprint density at radius 1 is 1.08 bits per heavy atom. The molecule has 142 valence electrons. The minimum Gasteiger partial charge on any atom is -0.388 e. The summed E-state index contributed by atoms with van der Waals surface area (Å²) in [6.45, 7) is 10.1. The zero-order chi connectivity index (χ0) is 18.6. The van der Waals surface area contributed by atoms with E-state index in [0.29, 0.717) is 0 Å². The van der Waals surface area contributed by atoms with E-state index in [1.165, 1.54) is 32.4 Å². The first kappa shape index (κ1) is 19.1. The number of aliphatic hydroxyl groups is 1. The molecule has 0 radical (unpaired) electrons. The van der Waals surface area contributed by atoms with Crippen LogP contribution in [-0.4, -0.2) is 39.4 Å². The molecule has 1 aliphatic heterocycles. The number of aliphatic hydroxyl groups excluding tert-OH is 1. The van der Waals surface area contributed by atoms with Gasteiger partial charge >= 0.3 is 0 Å². The predicted octanol–water partition coefficient (Wildman–Crippen LogP) is 4.47. The topological polar surface area (TPSA) is 41.3 Å². The summed E-state index contributed by atoms with van der Waals surface area (Å²) in [7, 11) is 0. The summed E-state index contributed by atoms with van der Waals surface area (Å²) in [5.74, 6) is 0. The molecule has 1 saturated heterocycles. The van der Waals surface area contributed by atoms with Crippen LogP contribution in [0.1, 0.15) is 70.2 Å². The van der Waals surface area contributed by atoms with E-state index >= 15 is 0 Å². The van der Waals surface area contributed by atoms with Crippen LogP contribution in [0.4, 0.5) is 0 Å². The number of hydrogen-bond donors (Lipinski definition) is 1. The normalized spacial score (nSPS) is 17.4. The molecule has 1 atom stereocenters. The van der Waals surface area contributed by atoms with Gasteiger partial charge < -0.3 is 10.0 Å². The van der Waals surface area contributed by atoms with Crippen LogP contribution in [0, 0.1) is 0 Å². The van der Waals surface area contributed by atoms with E-state index in [2.05, 4.69) is 42.9 Å². The Kier molecular flexibility index (Phi) is 6.15. The second-order valence-electron chi connectivity index (χ2n) is 8.51. The average molecular weight is 356 g/mol. The first-order chi connectivity index (χ1) is 12.5. The monoisotopic (exact) mass is 355 g/mol. The van der Waals surface area contributed by atoms with Crippen molar-refractivity contribution in [1.82, 2.24) is 14.7 Å². The van der Waals surface area contributed by atoms with Gasteiger partial charge in [0.2, 0.25) is 0 Å². The highest BCUT2D eigenvalue weighted by Gasteiger charge is 2.27. The molecule has 1 aromatic heterocycles. The lowest BCUT2D eigenvalue weighted by Crippen LogP contribution is -2.30. The van der Waals surface area contributed by atoms with Crippen LogP contribution in [0.25, 0.3) is 5.69 Å². The van der Waals surface area contributed by atoms with Crippen molar-refractivity contribution in [3.63, 3.8) is 0 Å². The van der Waals surface area contributed by atoms with Crippen LogP contribution in [0.2, 0.25) is 0 Å². The zero-order valence-electron chi connectivity index (χ0n) is 16.5. The lowest BCUT2D eigenvalue weighted by atomic mass is 9.87. The minimum atomic E-state index is -0.452. The summed E-state index contributed by atoms with van der Waals surface area (Å²) < 4.78 is 1.99. The minimum absolute atomic E-state index is 0.0878. The standard InChI is InChI=1S/C22H33N3O/c1-22(2,3)21-19(17-23-25(21)18-11-6-4-7-12-18)20(26)13-10-16-24-14-8-5-9-15-24/h4,6-7,11-12,17,20,26H,5,8-10,13-16H2,1-3H3.